The summed E-state index contributed by atoms with van der Waals surface area (Å²) in [5, 5.41) is 9.48. The van der Waals surface area contributed by atoms with E-state index in [1.807, 2.05) is 6.92 Å². The molecule has 0 unspecified atom stereocenters. The molecular formula is C14H24N2O2. The molecule has 0 aliphatic heterocycles. The number of nitrogens with zero attached hydrogens (tertiary/aromatic N) is 2. The third kappa shape index (κ3) is 3.46. The Morgan fingerprint density at radius 3 is 2.39 bits per heavy atom. The molecule has 18 heavy (non-hydrogen) atoms. The van der Waals surface area contributed by atoms with Crippen molar-refractivity contribution in [3.63, 3.8) is 0 Å². The Morgan fingerprint density at radius 2 is 1.94 bits per heavy atom. The molecule has 0 saturated heterocycles. The van der Waals surface area contributed by atoms with Gasteiger partial charge in [-0.15, -0.1) is 0 Å². The highest BCUT2D eigenvalue weighted by Crippen LogP contribution is 2.36. The molecule has 1 fully saturated rings. The van der Waals surface area contributed by atoms with Crippen molar-refractivity contribution < 1.29 is 9.53 Å². The molecular weight excluding hydrogens is 228 g/mol. The molecule has 1 amide bonds. The lowest BCUT2D eigenvalue weighted by molar-refractivity contribution is -0.140. The van der Waals surface area contributed by atoms with E-state index < -0.39 is 5.41 Å². The maximum Gasteiger partial charge on any atom is 0.243 e. The monoisotopic (exact) mass is 252 g/mol. The van der Waals surface area contributed by atoms with Crippen LogP contribution in [-0.2, 0) is 9.53 Å². The van der Waals surface area contributed by atoms with Gasteiger partial charge in [-0.2, -0.15) is 5.26 Å². The van der Waals surface area contributed by atoms with Gasteiger partial charge in [0.25, 0.3) is 0 Å². The fourth-order valence-corrected chi connectivity index (χ4v) is 2.61. The summed E-state index contributed by atoms with van der Waals surface area (Å²) in [4.78, 5) is 14.4. The molecule has 1 saturated carbocycles. The smallest absolute Gasteiger partial charge is 0.243 e. The lowest BCUT2D eigenvalue weighted by atomic mass is 9.80. The Kier molecular flexibility index (Phi) is 6.14. The van der Waals surface area contributed by atoms with Gasteiger partial charge in [0, 0.05) is 20.2 Å². The zero-order valence-electron chi connectivity index (χ0n) is 11.6. The lowest BCUT2D eigenvalue weighted by Gasteiger charge is -2.31. The predicted molar refractivity (Wildman–Crippen MR) is 69.9 cm³/mol. The molecule has 0 heterocycles. The van der Waals surface area contributed by atoms with Crippen molar-refractivity contribution in [3.8, 4) is 6.07 Å². The first kappa shape index (κ1) is 15.0. The number of carbonyl (C=O) groups is 1. The Bertz CT molecular complexity index is 301. The molecule has 0 spiro atoms. The molecule has 0 bridgehead atoms. The van der Waals surface area contributed by atoms with Crippen LogP contribution in [0.2, 0.25) is 0 Å². The van der Waals surface area contributed by atoms with Crippen LogP contribution in [0.15, 0.2) is 0 Å². The first-order valence-electron chi connectivity index (χ1n) is 6.89. The third-order valence-electron chi connectivity index (χ3n) is 3.81. The van der Waals surface area contributed by atoms with E-state index >= 15 is 0 Å². The maximum absolute atomic E-state index is 12.6. The Morgan fingerprint density at radius 1 is 1.33 bits per heavy atom. The number of amides is 1. The van der Waals surface area contributed by atoms with E-state index in [1.165, 1.54) is 0 Å². The van der Waals surface area contributed by atoms with E-state index in [9.17, 15) is 10.1 Å². The molecule has 0 aromatic carbocycles. The van der Waals surface area contributed by atoms with Crippen LogP contribution in [0.4, 0.5) is 0 Å². The van der Waals surface area contributed by atoms with Crippen molar-refractivity contribution in [2.24, 2.45) is 5.41 Å². The second-order valence-corrected chi connectivity index (χ2v) is 4.99. The average molecular weight is 252 g/mol. The lowest BCUT2D eigenvalue weighted by Crippen LogP contribution is -2.44. The van der Waals surface area contributed by atoms with Crippen molar-refractivity contribution in [1.82, 2.24) is 4.90 Å². The number of carbonyl (C=O) groups excluding carboxylic acids is 1. The van der Waals surface area contributed by atoms with Crippen LogP contribution in [0.5, 0.6) is 0 Å². The van der Waals surface area contributed by atoms with Crippen molar-refractivity contribution >= 4 is 5.91 Å². The van der Waals surface area contributed by atoms with Gasteiger partial charge in [0.15, 0.2) is 0 Å². The van der Waals surface area contributed by atoms with E-state index in [1.54, 1.807) is 12.0 Å². The average Bonchev–Trinajstić information content (AvgIpc) is 2.65. The highest BCUT2D eigenvalue weighted by molar-refractivity contribution is 5.85. The van der Waals surface area contributed by atoms with Gasteiger partial charge >= 0.3 is 0 Å². The van der Waals surface area contributed by atoms with Gasteiger partial charge < -0.3 is 9.64 Å². The van der Waals surface area contributed by atoms with Crippen LogP contribution in [0.1, 0.15) is 45.4 Å². The largest absolute Gasteiger partial charge is 0.383 e. The van der Waals surface area contributed by atoms with Crippen molar-refractivity contribution in [2.75, 3.05) is 26.8 Å². The number of rotatable bonds is 5. The first-order valence-corrected chi connectivity index (χ1v) is 6.89. The molecule has 0 aromatic rings. The minimum atomic E-state index is -0.778. The van der Waals surface area contributed by atoms with E-state index in [-0.39, 0.29) is 5.91 Å². The van der Waals surface area contributed by atoms with Gasteiger partial charge in [0.1, 0.15) is 5.41 Å². The van der Waals surface area contributed by atoms with Crippen molar-refractivity contribution in [2.45, 2.75) is 45.4 Å². The van der Waals surface area contributed by atoms with E-state index in [0.29, 0.717) is 32.5 Å². The fourth-order valence-electron chi connectivity index (χ4n) is 2.61. The van der Waals surface area contributed by atoms with Gasteiger partial charge in [-0.25, -0.2) is 0 Å². The molecule has 0 aromatic heterocycles. The molecule has 4 heteroatoms. The van der Waals surface area contributed by atoms with Crippen LogP contribution in [-0.4, -0.2) is 37.6 Å². The number of hydrogen-bond donors (Lipinski definition) is 0. The van der Waals surface area contributed by atoms with Crippen LogP contribution in [0.3, 0.4) is 0 Å². The first-order chi connectivity index (χ1) is 8.70. The summed E-state index contributed by atoms with van der Waals surface area (Å²) < 4.78 is 5.03. The molecule has 4 nitrogen and oxygen atoms in total. The number of methoxy groups -OCH3 is 1. The van der Waals surface area contributed by atoms with Gasteiger partial charge in [-0.05, 0) is 19.8 Å². The highest BCUT2D eigenvalue weighted by Gasteiger charge is 2.41. The predicted octanol–water partition coefficient (Wildman–Crippen LogP) is 2.35. The summed E-state index contributed by atoms with van der Waals surface area (Å²) in [5.74, 6) is 0.00597. The van der Waals surface area contributed by atoms with Crippen LogP contribution >= 0.6 is 0 Å². The van der Waals surface area contributed by atoms with Gasteiger partial charge in [0.2, 0.25) is 5.91 Å². The second-order valence-electron chi connectivity index (χ2n) is 4.99. The summed E-state index contributed by atoms with van der Waals surface area (Å²) in [7, 11) is 1.63. The van der Waals surface area contributed by atoms with E-state index in [4.69, 9.17) is 4.74 Å². The summed E-state index contributed by atoms with van der Waals surface area (Å²) in [5.41, 5.74) is -0.778. The minimum absolute atomic E-state index is 0.00597. The van der Waals surface area contributed by atoms with E-state index in [0.717, 1.165) is 25.7 Å². The SMILES string of the molecule is CCN(CCOC)C(=O)C1(C#N)CCCCCC1. The molecule has 0 atom stereocenters. The number of likely N-dealkylation sites (N-methyl/N-ethyl adjacent to an activating group) is 1. The Labute approximate surface area is 110 Å². The molecule has 1 aliphatic carbocycles. The normalized spacial score (nSPS) is 18.7. The van der Waals surface area contributed by atoms with Gasteiger partial charge in [0.05, 0.1) is 12.7 Å². The summed E-state index contributed by atoms with van der Waals surface area (Å²) in [6.07, 6.45) is 5.68. The fraction of sp³-hybridized carbons (Fsp3) is 0.857. The van der Waals surface area contributed by atoms with Crippen LogP contribution in [0, 0.1) is 16.7 Å². The Balaban J connectivity index is 2.78. The quantitative estimate of drug-likeness (QED) is 0.706. The van der Waals surface area contributed by atoms with Crippen molar-refractivity contribution in [3.05, 3.63) is 0 Å². The maximum atomic E-state index is 12.6. The topological polar surface area (TPSA) is 53.3 Å². The van der Waals surface area contributed by atoms with Crippen LogP contribution in [0.25, 0.3) is 0 Å². The molecule has 1 aliphatic rings. The zero-order chi connectivity index (χ0) is 13.4. The molecule has 1 rings (SSSR count). The molecule has 0 N–H and O–H groups in total. The van der Waals surface area contributed by atoms with Gasteiger partial charge in [-0.1, -0.05) is 25.7 Å². The minimum Gasteiger partial charge on any atom is -0.383 e. The number of hydrogen-bond acceptors (Lipinski definition) is 3. The number of ether oxygens (including phenoxy) is 1. The zero-order valence-corrected chi connectivity index (χ0v) is 11.6. The summed E-state index contributed by atoms with van der Waals surface area (Å²) in [6.45, 7) is 3.71. The molecule has 0 radical (unpaired) electrons. The molecule has 102 valence electrons. The summed E-state index contributed by atoms with van der Waals surface area (Å²) >= 11 is 0. The van der Waals surface area contributed by atoms with Crippen LogP contribution < -0.4 is 0 Å². The Hall–Kier alpha value is -1.08. The standard InChI is InChI=1S/C14H24N2O2/c1-3-16(10-11-18-2)13(17)14(12-15)8-6-4-5-7-9-14/h3-11H2,1-2H3. The second kappa shape index (κ2) is 7.38. The summed E-state index contributed by atoms with van der Waals surface area (Å²) in [6, 6.07) is 2.32. The number of nitriles is 1. The van der Waals surface area contributed by atoms with Crippen molar-refractivity contribution in [1.29, 1.82) is 5.26 Å². The van der Waals surface area contributed by atoms with E-state index in [2.05, 4.69) is 6.07 Å². The van der Waals surface area contributed by atoms with Gasteiger partial charge in [-0.3, -0.25) is 4.79 Å². The third-order valence-corrected chi connectivity index (χ3v) is 3.81. The highest BCUT2D eigenvalue weighted by atomic mass is 16.5.